The lowest BCUT2D eigenvalue weighted by Gasteiger charge is -2.16. The van der Waals surface area contributed by atoms with Crippen LogP contribution < -0.4 is 4.90 Å². The minimum Gasteiger partial charge on any atom is -0.378 e. The lowest BCUT2D eigenvalue weighted by atomic mass is 9.92. The van der Waals surface area contributed by atoms with Crippen molar-refractivity contribution in [1.29, 1.82) is 5.26 Å². The van der Waals surface area contributed by atoms with Gasteiger partial charge in [-0.05, 0) is 35.4 Å². The van der Waals surface area contributed by atoms with Crippen LogP contribution in [0.2, 0.25) is 0 Å². The Morgan fingerprint density at radius 3 is 1.79 bits per heavy atom. The second-order valence-electron chi connectivity index (χ2n) is 4.94. The van der Waals surface area contributed by atoms with Gasteiger partial charge in [0, 0.05) is 25.7 Å². The second kappa shape index (κ2) is 5.58. The summed E-state index contributed by atoms with van der Waals surface area (Å²) in [4.78, 5) is 2.09. The van der Waals surface area contributed by atoms with Gasteiger partial charge in [-0.1, -0.05) is 31.2 Å². The average Bonchev–Trinajstić information content (AvgIpc) is 2.46. The molecule has 0 N–H and O–H groups in total. The van der Waals surface area contributed by atoms with E-state index in [-0.39, 0.29) is 0 Å². The van der Waals surface area contributed by atoms with Crippen LogP contribution in [0.3, 0.4) is 0 Å². The molecule has 2 rings (SSSR count). The number of nitriles is 1. The van der Waals surface area contributed by atoms with E-state index in [4.69, 9.17) is 5.26 Å². The van der Waals surface area contributed by atoms with Crippen molar-refractivity contribution in [2.45, 2.75) is 12.8 Å². The quantitative estimate of drug-likeness (QED) is 0.829. The summed E-state index contributed by atoms with van der Waals surface area (Å²) in [5, 5.41) is 8.81. The minimum atomic E-state index is 0.337. The summed E-state index contributed by atoms with van der Waals surface area (Å²) in [6, 6.07) is 18.6. The molecule has 0 aromatic heterocycles. The molecule has 0 fully saturated rings. The van der Waals surface area contributed by atoms with E-state index in [1.165, 1.54) is 16.8 Å². The van der Waals surface area contributed by atoms with Crippen molar-refractivity contribution in [3.63, 3.8) is 0 Å². The summed E-state index contributed by atoms with van der Waals surface area (Å²) < 4.78 is 0. The number of anilines is 1. The first kappa shape index (κ1) is 13.2. The third kappa shape index (κ3) is 2.95. The van der Waals surface area contributed by atoms with E-state index in [0.29, 0.717) is 11.5 Å². The molecule has 0 radical (unpaired) electrons. The van der Waals surface area contributed by atoms with E-state index < -0.39 is 0 Å². The number of hydrogen-bond donors (Lipinski definition) is 0. The van der Waals surface area contributed by atoms with Crippen LogP contribution in [0.5, 0.6) is 0 Å². The molecule has 2 heteroatoms. The number of nitrogens with zero attached hydrogens (tertiary/aromatic N) is 2. The van der Waals surface area contributed by atoms with Gasteiger partial charge >= 0.3 is 0 Å². The number of rotatable bonds is 3. The van der Waals surface area contributed by atoms with Gasteiger partial charge < -0.3 is 4.90 Å². The van der Waals surface area contributed by atoms with Gasteiger partial charge in [0.2, 0.25) is 0 Å². The van der Waals surface area contributed by atoms with E-state index in [9.17, 15) is 0 Å². The largest absolute Gasteiger partial charge is 0.378 e. The van der Waals surface area contributed by atoms with Gasteiger partial charge in [-0.25, -0.2) is 0 Å². The Morgan fingerprint density at radius 1 is 0.895 bits per heavy atom. The van der Waals surface area contributed by atoms with Crippen molar-refractivity contribution in [3.8, 4) is 6.07 Å². The Bertz CT molecular complexity index is 574. The fraction of sp³-hybridized carbons (Fsp3) is 0.235. The van der Waals surface area contributed by atoms with Crippen molar-refractivity contribution in [2.75, 3.05) is 19.0 Å². The molecule has 1 unspecified atom stereocenters. The summed E-state index contributed by atoms with van der Waals surface area (Å²) >= 11 is 0. The SMILES string of the molecule is CC(c1ccc(C#N)cc1)c1ccc(N(C)C)cc1. The number of benzene rings is 2. The Hall–Kier alpha value is -2.27. The third-order valence-electron chi connectivity index (χ3n) is 3.45. The summed E-state index contributed by atoms with van der Waals surface area (Å²) in [6.45, 7) is 2.19. The van der Waals surface area contributed by atoms with Crippen LogP contribution in [0, 0.1) is 11.3 Å². The highest BCUT2D eigenvalue weighted by molar-refractivity contribution is 5.48. The molecular weight excluding hydrogens is 232 g/mol. The molecule has 0 spiro atoms. The normalized spacial score (nSPS) is 11.7. The van der Waals surface area contributed by atoms with E-state index >= 15 is 0 Å². The van der Waals surface area contributed by atoms with Crippen LogP contribution in [0.15, 0.2) is 48.5 Å². The molecule has 96 valence electrons. The van der Waals surface area contributed by atoms with Crippen molar-refractivity contribution in [3.05, 3.63) is 65.2 Å². The molecule has 2 nitrogen and oxygen atoms in total. The molecule has 1 atom stereocenters. The van der Waals surface area contributed by atoms with Gasteiger partial charge in [0.15, 0.2) is 0 Å². The van der Waals surface area contributed by atoms with Crippen LogP contribution >= 0.6 is 0 Å². The fourth-order valence-corrected chi connectivity index (χ4v) is 2.10. The van der Waals surface area contributed by atoms with Crippen molar-refractivity contribution >= 4 is 5.69 Å². The van der Waals surface area contributed by atoms with Crippen molar-refractivity contribution < 1.29 is 0 Å². The zero-order chi connectivity index (χ0) is 13.8. The summed E-state index contributed by atoms with van der Waals surface area (Å²) in [5.41, 5.74) is 4.43. The molecule has 0 aliphatic rings. The number of hydrogen-bond acceptors (Lipinski definition) is 2. The summed E-state index contributed by atoms with van der Waals surface area (Å²) in [5.74, 6) is 0.337. The maximum Gasteiger partial charge on any atom is 0.0991 e. The Balaban J connectivity index is 2.23. The standard InChI is InChI=1S/C17H18N2/c1-13(15-6-4-14(12-18)5-7-15)16-8-10-17(11-9-16)19(2)3/h4-11,13H,1-3H3. The van der Waals surface area contributed by atoms with E-state index in [1.807, 2.05) is 38.4 Å². The molecular formula is C17H18N2. The van der Waals surface area contributed by atoms with Crippen LogP contribution in [0.25, 0.3) is 0 Å². The van der Waals surface area contributed by atoms with Gasteiger partial charge in [0.1, 0.15) is 0 Å². The first-order valence-corrected chi connectivity index (χ1v) is 6.39. The first-order valence-electron chi connectivity index (χ1n) is 6.39. The third-order valence-corrected chi connectivity index (χ3v) is 3.45. The van der Waals surface area contributed by atoms with Crippen molar-refractivity contribution in [1.82, 2.24) is 0 Å². The highest BCUT2D eigenvalue weighted by Gasteiger charge is 2.08. The molecule has 0 heterocycles. The zero-order valence-corrected chi connectivity index (χ0v) is 11.6. The molecule has 0 aliphatic carbocycles. The topological polar surface area (TPSA) is 27.0 Å². The van der Waals surface area contributed by atoms with Crippen LogP contribution in [-0.4, -0.2) is 14.1 Å². The monoisotopic (exact) mass is 250 g/mol. The maximum absolute atomic E-state index is 8.81. The van der Waals surface area contributed by atoms with E-state index in [1.54, 1.807) is 0 Å². The molecule has 2 aromatic carbocycles. The van der Waals surface area contributed by atoms with Gasteiger partial charge in [0.25, 0.3) is 0 Å². The molecule has 2 aromatic rings. The van der Waals surface area contributed by atoms with Crippen LogP contribution in [-0.2, 0) is 0 Å². The maximum atomic E-state index is 8.81. The Morgan fingerprint density at radius 2 is 1.37 bits per heavy atom. The van der Waals surface area contributed by atoms with Crippen LogP contribution in [0.4, 0.5) is 5.69 Å². The molecule has 0 saturated heterocycles. The molecule has 19 heavy (non-hydrogen) atoms. The Labute approximate surface area is 114 Å². The molecule has 0 amide bonds. The summed E-state index contributed by atoms with van der Waals surface area (Å²) in [6.07, 6.45) is 0. The van der Waals surface area contributed by atoms with Gasteiger partial charge in [0.05, 0.1) is 11.6 Å². The van der Waals surface area contributed by atoms with E-state index in [2.05, 4.69) is 42.2 Å². The average molecular weight is 250 g/mol. The van der Waals surface area contributed by atoms with Gasteiger partial charge in [-0.3, -0.25) is 0 Å². The first-order chi connectivity index (χ1) is 9.11. The summed E-state index contributed by atoms with van der Waals surface area (Å²) in [7, 11) is 4.08. The minimum absolute atomic E-state index is 0.337. The molecule has 0 saturated carbocycles. The zero-order valence-electron chi connectivity index (χ0n) is 11.6. The lowest BCUT2D eigenvalue weighted by molar-refractivity contribution is 0.921. The highest BCUT2D eigenvalue weighted by atomic mass is 15.1. The molecule has 0 aliphatic heterocycles. The Kier molecular flexibility index (Phi) is 3.87. The predicted molar refractivity (Wildman–Crippen MR) is 79.4 cm³/mol. The van der Waals surface area contributed by atoms with Crippen molar-refractivity contribution in [2.24, 2.45) is 0 Å². The fourth-order valence-electron chi connectivity index (χ4n) is 2.10. The smallest absolute Gasteiger partial charge is 0.0991 e. The highest BCUT2D eigenvalue weighted by Crippen LogP contribution is 2.25. The predicted octanol–water partition coefficient (Wildman–Crippen LogP) is 3.78. The molecule has 0 bridgehead atoms. The lowest BCUT2D eigenvalue weighted by Crippen LogP contribution is -2.08. The van der Waals surface area contributed by atoms with Gasteiger partial charge in [-0.15, -0.1) is 0 Å². The van der Waals surface area contributed by atoms with Crippen LogP contribution in [0.1, 0.15) is 29.5 Å². The van der Waals surface area contributed by atoms with Gasteiger partial charge in [-0.2, -0.15) is 5.26 Å². The van der Waals surface area contributed by atoms with E-state index in [0.717, 1.165) is 0 Å². The second-order valence-corrected chi connectivity index (χ2v) is 4.94.